The molecule has 35 heavy (non-hydrogen) atoms. The molecule has 11 nitrogen and oxygen atoms in total. The number of aromatic hydroxyl groups is 2. The van der Waals surface area contributed by atoms with Crippen molar-refractivity contribution in [2.24, 2.45) is 0 Å². The molecule has 1 saturated heterocycles. The number of rotatable bonds is 6. The Morgan fingerprint density at radius 2 is 1.80 bits per heavy atom. The number of phenols is 2. The smallest absolute Gasteiger partial charge is 0.407 e. The zero-order valence-corrected chi connectivity index (χ0v) is 19.3. The Kier molecular flexibility index (Phi) is 6.67. The summed E-state index contributed by atoms with van der Waals surface area (Å²) in [5.74, 6) is -0.490. The van der Waals surface area contributed by atoms with Crippen LogP contribution in [-0.2, 0) is 0 Å². The fourth-order valence-electron chi connectivity index (χ4n) is 3.84. The van der Waals surface area contributed by atoms with Crippen molar-refractivity contribution in [3.8, 4) is 34.3 Å². The van der Waals surface area contributed by atoms with Gasteiger partial charge in [-0.1, -0.05) is 5.16 Å². The number of phenolic OH excluding ortho intramolecular Hbond substituents is 2. The molecule has 184 valence electrons. The highest BCUT2D eigenvalue weighted by molar-refractivity contribution is 5.93. The molecule has 0 aliphatic carbocycles. The Bertz CT molecular complexity index is 1220. The lowest BCUT2D eigenvalue weighted by molar-refractivity contribution is 0.0871. The summed E-state index contributed by atoms with van der Waals surface area (Å²) in [4.78, 5) is 26.9. The van der Waals surface area contributed by atoms with E-state index in [-0.39, 0.29) is 40.3 Å². The molecule has 1 aliphatic rings. The van der Waals surface area contributed by atoms with Crippen LogP contribution in [0.2, 0.25) is 0 Å². The zero-order valence-electron chi connectivity index (χ0n) is 19.3. The van der Waals surface area contributed by atoms with E-state index >= 15 is 0 Å². The number of piperidine rings is 1. The first kappa shape index (κ1) is 23.7. The fourth-order valence-corrected chi connectivity index (χ4v) is 3.84. The highest BCUT2D eigenvalue weighted by Crippen LogP contribution is 2.42. The van der Waals surface area contributed by atoms with Gasteiger partial charge in [0, 0.05) is 57.1 Å². The van der Waals surface area contributed by atoms with Crippen molar-refractivity contribution in [3.63, 3.8) is 0 Å². The van der Waals surface area contributed by atoms with Crippen LogP contribution in [0.1, 0.15) is 23.4 Å². The monoisotopic (exact) mass is 482 g/mol. The third-order valence-corrected chi connectivity index (χ3v) is 5.74. The van der Waals surface area contributed by atoms with Gasteiger partial charge < -0.3 is 39.7 Å². The molecule has 1 fully saturated rings. The predicted molar refractivity (Wildman–Crippen MR) is 126 cm³/mol. The molecule has 0 bridgehead atoms. The Morgan fingerprint density at radius 3 is 2.43 bits per heavy atom. The number of carbonyl (C=O) groups is 2. The molecule has 0 spiro atoms. The maximum atomic E-state index is 12.7. The van der Waals surface area contributed by atoms with E-state index in [4.69, 9.17) is 14.4 Å². The molecule has 0 radical (unpaired) electrons. The van der Waals surface area contributed by atoms with Gasteiger partial charge >= 0.3 is 6.09 Å². The third-order valence-electron chi connectivity index (χ3n) is 5.74. The quantitative estimate of drug-likeness (QED) is 0.414. The third kappa shape index (κ3) is 5.40. The SMILES string of the molecule is CN(C)c1ccc(Oc2cc(O)cc(O)c2-c2cc(C(=O)NC3CCN(C(=O)O)CC3)on2)cc1. The lowest BCUT2D eigenvalue weighted by Gasteiger charge is -2.30. The first-order valence-electron chi connectivity index (χ1n) is 11.0. The van der Waals surface area contributed by atoms with Crippen molar-refractivity contribution in [2.45, 2.75) is 18.9 Å². The van der Waals surface area contributed by atoms with Gasteiger partial charge in [0.2, 0.25) is 5.76 Å². The van der Waals surface area contributed by atoms with Gasteiger partial charge in [0.25, 0.3) is 5.91 Å². The van der Waals surface area contributed by atoms with E-state index in [0.29, 0.717) is 31.7 Å². The molecule has 4 N–H and O–H groups in total. The van der Waals surface area contributed by atoms with Crippen molar-refractivity contribution >= 4 is 17.7 Å². The highest BCUT2D eigenvalue weighted by atomic mass is 16.5. The Balaban J connectivity index is 1.52. The Hall–Kier alpha value is -4.41. The van der Waals surface area contributed by atoms with E-state index < -0.39 is 12.0 Å². The number of benzene rings is 2. The van der Waals surface area contributed by atoms with E-state index in [1.54, 1.807) is 12.1 Å². The summed E-state index contributed by atoms with van der Waals surface area (Å²) >= 11 is 0. The summed E-state index contributed by atoms with van der Waals surface area (Å²) in [6.07, 6.45) is 0.000125. The molecule has 1 aromatic heterocycles. The van der Waals surface area contributed by atoms with Crippen molar-refractivity contribution in [1.29, 1.82) is 0 Å². The minimum atomic E-state index is -0.977. The number of amides is 2. The fraction of sp³-hybridized carbons (Fsp3) is 0.292. The van der Waals surface area contributed by atoms with Crippen LogP contribution in [0.3, 0.4) is 0 Å². The van der Waals surface area contributed by atoms with E-state index in [1.165, 1.54) is 17.0 Å². The lowest BCUT2D eigenvalue weighted by Crippen LogP contribution is -2.46. The molecule has 3 aromatic rings. The largest absolute Gasteiger partial charge is 0.508 e. The average molecular weight is 482 g/mol. The summed E-state index contributed by atoms with van der Waals surface area (Å²) in [5, 5.41) is 36.3. The first-order chi connectivity index (χ1) is 16.7. The first-order valence-corrected chi connectivity index (χ1v) is 11.0. The number of nitrogens with one attached hydrogen (secondary N) is 1. The zero-order chi connectivity index (χ0) is 25.1. The number of ether oxygens (including phenoxy) is 1. The molecule has 2 heterocycles. The molecular formula is C24H26N4O7. The van der Waals surface area contributed by atoms with Crippen molar-refractivity contribution < 1.29 is 34.2 Å². The maximum Gasteiger partial charge on any atom is 0.407 e. The van der Waals surface area contributed by atoms with Crippen LogP contribution in [-0.4, -0.2) is 70.6 Å². The van der Waals surface area contributed by atoms with Gasteiger partial charge in [-0.15, -0.1) is 0 Å². The Labute approximate surface area is 201 Å². The molecule has 11 heteroatoms. The molecule has 1 aliphatic heterocycles. The molecule has 0 saturated carbocycles. The standard InChI is InChI=1S/C24H26N4O7/c1-27(2)15-3-5-17(6-4-15)34-20-12-16(29)11-19(30)22(20)18-13-21(35-26-18)23(31)25-14-7-9-28(10-8-14)24(32)33/h3-6,11-14,29-30H,7-10H2,1-2H3,(H,25,31)(H,32,33). The molecule has 4 rings (SSSR count). The van der Waals surface area contributed by atoms with Crippen LogP contribution in [0.15, 0.2) is 47.0 Å². The number of carboxylic acid groups (broad SMARTS) is 1. The van der Waals surface area contributed by atoms with Gasteiger partial charge in [-0.3, -0.25) is 4.79 Å². The van der Waals surface area contributed by atoms with Gasteiger partial charge in [0.15, 0.2) is 0 Å². The summed E-state index contributed by atoms with van der Waals surface area (Å²) in [6.45, 7) is 0.666. The van der Waals surface area contributed by atoms with Crippen molar-refractivity contribution in [3.05, 3.63) is 48.2 Å². The minimum absolute atomic E-state index is 0.0746. The second-order valence-corrected chi connectivity index (χ2v) is 8.42. The van der Waals surface area contributed by atoms with E-state index in [2.05, 4.69) is 10.5 Å². The Morgan fingerprint density at radius 1 is 1.11 bits per heavy atom. The topological polar surface area (TPSA) is 149 Å². The van der Waals surface area contributed by atoms with E-state index in [1.807, 2.05) is 31.1 Å². The maximum absolute atomic E-state index is 12.7. The van der Waals surface area contributed by atoms with Crippen LogP contribution < -0.4 is 15.0 Å². The number of hydrogen-bond acceptors (Lipinski definition) is 8. The van der Waals surface area contributed by atoms with Gasteiger partial charge in [-0.2, -0.15) is 0 Å². The van der Waals surface area contributed by atoms with Crippen LogP contribution in [0, 0.1) is 0 Å². The average Bonchev–Trinajstić information content (AvgIpc) is 3.29. The summed E-state index contributed by atoms with van der Waals surface area (Å²) < 4.78 is 11.1. The number of likely N-dealkylation sites (tertiary alicyclic amines) is 1. The number of nitrogens with zero attached hydrogens (tertiary/aromatic N) is 3. The van der Waals surface area contributed by atoms with Crippen LogP contribution in [0.25, 0.3) is 11.3 Å². The summed E-state index contributed by atoms with van der Waals surface area (Å²) in [6, 6.07) is 10.9. The second kappa shape index (κ2) is 9.84. The number of anilines is 1. The molecule has 2 amide bonds. The van der Waals surface area contributed by atoms with Gasteiger partial charge in [0.1, 0.15) is 28.7 Å². The van der Waals surface area contributed by atoms with Gasteiger partial charge in [-0.05, 0) is 37.1 Å². The number of hydrogen-bond donors (Lipinski definition) is 4. The number of aromatic nitrogens is 1. The molecule has 0 unspecified atom stereocenters. The molecule has 2 aromatic carbocycles. The minimum Gasteiger partial charge on any atom is -0.508 e. The second-order valence-electron chi connectivity index (χ2n) is 8.42. The van der Waals surface area contributed by atoms with E-state index in [9.17, 15) is 19.8 Å². The normalized spacial score (nSPS) is 13.9. The molecule has 0 atom stereocenters. The number of carbonyl (C=O) groups excluding carboxylic acids is 1. The van der Waals surface area contributed by atoms with Crippen LogP contribution in [0.4, 0.5) is 10.5 Å². The van der Waals surface area contributed by atoms with Gasteiger partial charge in [0.05, 0.1) is 5.56 Å². The predicted octanol–water partition coefficient (Wildman–Crippen LogP) is 3.48. The molecular weight excluding hydrogens is 456 g/mol. The van der Waals surface area contributed by atoms with E-state index in [0.717, 1.165) is 11.8 Å². The van der Waals surface area contributed by atoms with Crippen LogP contribution >= 0.6 is 0 Å². The van der Waals surface area contributed by atoms with Crippen LogP contribution in [0.5, 0.6) is 23.0 Å². The summed E-state index contributed by atoms with van der Waals surface area (Å²) in [5.41, 5.74) is 1.27. The lowest BCUT2D eigenvalue weighted by atomic mass is 10.1. The highest BCUT2D eigenvalue weighted by Gasteiger charge is 2.26. The van der Waals surface area contributed by atoms with Crippen molar-refractivity contribution in [1.82, 2.24) is 15.4 Å². The van der Waals surface area contributed by atoms with Gasteiger partial charge in [-0.25, -0.2) is 4.79 Å². The van der Waals surface area contributed by atoms with Crippen molar-refractivity contribution in [2.75, 3.05) is 32.1 Å². The summed E-state index contributed by atoms with van der Waals surface area (Å²) in [7, 11) is 3.83.